The van der Waals surface area contributed by atoms with E-state index in [-0.39, 0.29) is 12.5 Å². The molecule has 6 nitrogen and oxygen atoms in total. The van der Waals surface area contributed by atoms with Gasteiger partial charge in [0.15, 0.2) is 0 Å². The number of hydrogen-bond donors (Lipinski definition) is 0. The first-order valence-corrected chi connectivity index (χ1v) is 10.0. The molecule has 0 radical (unpaired) electrons. The van der Waals surface area contributed by atoms with Gasteiger partial charge in [-0.2, -0.15) is 0 Å². The minimum absolute atomic E-state index is 0.124. The standard InChI is InChI=1S/C22H22ClN3O3/c1-14-5-7-17(11-15(14)2)26-21(28)18-8-6-16(23)12-19(18)25(22(26)29)13-20(27)24-9-3-4-10-24/h5-8,11-12H,3-4,9-10,13H2,1-2H3. The second-order valence-corrected chi connectivity index (χ2v) is 7.96. The van der Waals surface area contributed by atoms with Crippen LogP contribution in [0.25, 0.3) is 16.6 Å². The van der Waals surface area contributed by atoms with E-state index >= 15 is 0 Å². The molecule has 0 aliphatic carbocycles. The predicted molar refractivity (Wildman–Crippen MR) is 114 cm³/mol. The number of rotatable bonds is 3. The van der Waals surface area contributed by atoms with Crippen LogP contribution in [0, 0.1) is 13.8 Å². The van der Waals surface area contributed by atoms with Gasteiger partial charge in [0.25, 0.3) is 5.56 Å². The second kappa shape index (κ2) is 7.52. The summed E-state index contributed by atoms with van der Waals surface area (Å²) in [5, 5.41) is 0.754. The Morgan fingerprint density at radius 1 is 1.00 bits per heavy atom. The van der Waals surface area contributed by atoms with Gasteiger partial charge in [0.2, 0.25) is 5.91 Å². The number of aryl methyl sites for hydroxylation is 2. The molecule has 0 N–H and O–H groups in total. The molecule has 1 aromatic heterocycles. The molecular weight excluding hydrogens is 390 g/mol. The predicted octanol–water partition coefficient (Wildman–Crippen LogP) is 3.05. The van der Waals surface area contributed by atoms with Crippen LogP contribution in [-0.4, -0.2) is 33.0 Å². The third-order valence-electron chi connectivity index (χ3n) is 5.61. The van der Waals surface area contributed by atoms with Crippen molar-refractivity contribution < 1.29 is 4.79 Å². The van der Waals surface area contributed by atoms with Gasteiger partial charge in [0.1, 0.15) is 6.54 Å². The minimum atomic E-state index is -0.541. The van der Waals surface area contributed by atoms with Crippen LogP contribution < -0.4 is 11.2 Å². The molecule has 1 aliphatic heterocycles. The van der Waals surface area contributed by atoms with Gasteiger partial charge in [0.05, 0.1) is 16.6 Å². The zero-order chi connectivity index (χ0) is 20.7. The fourth-order valence-electron chi connectivity index (χ4n) is 3.79. The van der Waals surface area contributed by atoms with Crippen LogP contribution >= 0.6 is 11.6 Å². The molecule has 4 rings (SSSR count). The lowest BCUT2D eigenvalue weighted by atomic mass is 10.1. The highest BCUT2D eigenvalue weighted by molar-refractivity contribution is 6.31. The molecule has 0 unspecified atom stereocenters. The van der Waals surface area contributed by atoms with Gasteiger partial charge in [-0.25, -0.2) is 9.36 Å². The molecule has 1 fully saturated rings. The maximum atomic E-state index is 13.4. The molecule has 29 heavy (non-hydrogen) atoms. The van der Waals surface area contributed by atoms with Crippen molar-refractivity contribution in [1.82, 2.24) is 14.0 Å². The van der Waals surface area contributed by atoms with Crippen LogP contribution in [0.3, 0.4) is 0 Å². The van der Waals surface area contributed by atoms with Gasteiger partial charge >= 0.3 is 5.69 Å². The Morgan fingerprint density at radius 3 is 2.41 bits per heavy atom. The first-order chi connectivity index (χ1) is 13.9. The lowest BCUT2D eigenvalue weighted by Crippen LogP contribution is -2.42. The van der Waals surface area contributed by atoms with E-state index in [0.29, 0.717) is 34.7 Å². The number of carbonyl (C=O) groups excluding carboxylic acids is 1. The molecule has 3 aromatic rings. The smallest absolute Gasteiger partial charge is 0.336 e. The van der Waals surface area contributed by atoms with Gasteiger partial charge in [-0.1, -0.05) is 17.7 Å². The molecule has 7 heteroatoms. The normalized spacial score (nSPS) is 14.0. The van der Waals surface area contributed by atoms with Crippen LogP contribution in [-0.2, 0) is 11.3 Å². The monoisotopic (exact) mass is 411 g/mol. The molecule has 2 aromatic carbocycles. The molecule has 2 heterocycles. The number of carbonyl (C=O) groups is 1. The number of nitrogens with zero attached hydrogens (tertiary/aromatic N) is 3. The first kappa shape index (κ1) is 19.5. The molecule has 0 saturated carbocycles. The molecule has 1 aliphatic rings. The quantitative estimate of drug-likeness (QED) is 0.665. The number of hydrogen-bond acceptors (Lipinski definition) is 3. The Hall–Kier alpha value is -2.86. The van der Waals surface area contributed by atoms with Crippen molar-refractivity contribution >= 4 is 28.4 Å². The van der Waals surface area contributed by atoms with E-state index in [1.54, 1.807) is 29.2 Å². The molecular formula is C22H22ClN3O3. The molecule has 0 spiro atoms. The van der Waals surface area contributed by atoms with Crippen molar-refractivity contribution in [2.45, 2.75) is 33.2 Å². The maximum absolute atomic E-state index is 13.4. The minimum Gasteiger partial charge on any atom is -0.341 e. The number of halogens is 1. The first-order valence-electron chi connectivity index (χ1n) is 9.67. The topological polar surface area (TPSA) is 64.3 Å². The molecule has 1 saturated heterocycles. The van der Waals surface area contributed by atoms with Gasteiger partial charge in [0, 0.05) is 18.1 Å². The van der Waals surface area contributed by atoms with Crippen LogP contribution in [0.1, 0.15) is 24.0 Å². The van der Waals surface area contributed by atoms with Crippen molar-refractivity contribution in [2.24, 2.45) is 0 Å². The summed E-state index contributed by atoms with van der Waals surface area (Å²) in [6, 6.07) is 10.2. The Morgan fingerprint density at radius 2 is 1.72 bits per heavy atom. The summed E-state index contributed by atoms with van der Waals surface area (Å²) in [6.45, 7) is 5.17. The molecule has 0 atom stereocenters. The van der Waals surface area contributed by atoms with Gasteiger partial charge in [-0.05, 0) is 68.1 Å². The highest BCUT2D eigenvalue weighted by Crippen LogP contribution is 2.18. The number of fused-ring (bicyclic) bond motifs is 1. The van der Waals surface area contributed by atoms with Crippen LogP contribution in [0.5, 0.6) is 0 Å². The number of aromatic nitrogens is 2. The summed E-state index contributed by atoms with van der Waals surface area (Å²) in [6.07, 6.45) is 1.94. The Kier molecular flexibility index (Phi) is 5.04. The van der Waals surface area contributed by atoms with Crippen LogP contribution in [0.15, 0.2) is 46.0 Å². The van der Waals surface area contributed by atoms with E-state index in [0.717, 1.165) is 28.5 Å². The average molecular weight is 412 g/mol. The zero-order valence-corrected chi connectivity index (χ0v) is 17.2. The fourth-order valence-corrected chi connectivity index (χ4v) is 3.95. The summed E-state index contributed by atoms with van der Waals surface area (Å²) in [5.74, 6) is -0.129. The van der Waals surface area contributed by atoms with E-state index < -0.39 is 11.2 Å². The zero-order valence-electron chi connectivity index (χ0n) is 16.4. The van der Waals surface area contributed by atoms with Crippen molar-refractivity contribution in [3.63, 3.8) is 0 Å². The lowest BCUT2D eigenvalue weighted by molar-refractivity contribution is -0.130. The highest BCUT2D eigenvalue weighted by atomic mass is 35.5. The van der Waals surface area contributed by atoms with Gasteiger partial charge < -0.3 is 4.90 Å². The molecule has 150 valence electrons. The van der Waals surface area contributed by atoms with E-state index in [2.05, 4.69) is 0 Å². The van der Waals surface area contributed by atoms with E-state index in [1.165, 1.54) is 4.57 Å². The summed E-state index contributed by atoms with van der Waals surface area (Å²) in [4.78, 5) is 41.1. The Labute approximate surface area is 172 Å². The molecule has 1 amide bonds. The second-order valence-electron chi connectivity index (χ2n) is 7.53. The number of amides is 1. The average Bonchev–Trinajstić information content (AvgIpc) is 3.22. The highest BCUT2D eigenvalue weighted by Gasteiger charge is 2.22. The Balaban J connectivity index is 1.96. The van der Waals surface area contributed by atoms with Crippen molar-refractivity contribution in [2.75, 3.05) is 13.1 Å². The summed E-state index contributed by atoms with van der Waals surface area (Å²) >= 11 is 6.13. The van der Waals surface area contributed by atoms with Crippen molar-refractivity contribution in [1.29, 1.82) is 0 Å². The van der Waals surface area contributed by atoms with Crippen molar-refractivity contribution in [3.05, 3.63) is 73.4 Å². The summed E-state index contributed by atoms with van der Waals surface area (Å²) < 4.78 is 2.50. The Bertz CT molecular complexity index is 1240. The maximum Gasteiger partial charge on any atom is 0.336 e. The van der Waals surface area contributed by atoms with Gasteiger partial charge in [-0.3, -0.25) is 14.2 Å². The van der Waals surface area contributed by atoms with Crippen molar-refractivity contribution in [3.8, 4) is 5.69 Å². The van der Waals surface area contributed by atoms with E-state index in [4.69, 9.17) is 11.6 Å². The summed E-state index contributed by atoms with van der Waals surface area (Å²) in [5.41, 5.74) is 1.95. The largest absolute Gasteiger partial charge is 0.341 e. The fraction of sp³-hybridized carbons (Fsp3) is 0.318. The SMILES string of the molecule is Cc1ccc(-n2c(=O)c3ccc(Cl)cc3n(CC(=O)N3CCCC3)c2=O)cc1C. The van der Waals surface area contributed by atoms with Crippen LogP contribution in [0.4, 0.5) is 0 Å². The molecule has 0 bridgehead atoms. The third kappa shape index (κ3) is 3.49. The third-order valence-corrected chi connectivity index (χ3v) is 5.84. The van der Waals surface area contributed by atoms with E-state index in [1.807, 2.05) is 26.0 Å². The number of benzene rings is 2. The number of likely N-dealkylation sites (tertiary alicyclic amines) is 1. The van der Waals surface area contributed by atoms with Crippen LogP contribution in [0.2, 0.25) is 5.02 Å². The lowest BCUT2D eigenvalue weighted by Gasteiger charge is -2.19. The van der Waals surface area contributed by atoms with E-state index in [9.17, 15) is 14.4 Å². The van der Waals surface area contributed by atoms with Gasteiger partial charge in [-0.15, -0.1) is 0 Å². The summed E-state index contributed by atoms with van der Waals surface area (Å²) in [7, 11) is 0.